The third kappa shape index (κ3) is 3.85. The van der Waals surface area contributed by atoms with Gasteiger partial charge in [-0.05, 0) is 26.0 Å². The van der Waals surface area contributed by atoms with E-state index in [-0.39, 0.29) is 5.91 Å². The van der Waals surface area contributed by atoms with E-state index in [4.69, 9.17) is 5.73 Å². The van der Waals surface area contributed by atoms with Crippen molar-refractivity contribution in [3.63, 3.8) is 0 Å². The van der Waals surface area contributed by atoms with Gasteiger partial charge < -0.3 is 10.6 Å². The zero-order valence-corrected chi connectivity index (χ0v) is 12.4. The summed E-state index contributed by atoms with van der Waals surface area (Å²) < 4.78 is 1.58. The first kappa shape index (κ1) is 15.1. The molecule has 0 radical (unpaired) electrons. The lowest BCUT2D eigenvalue weighted by Gasteiger charge is -2.19. The Balaban J connectivity index is 2.10. The highest BCUT2D eigenvalue weighted by Crippen LogP contribution is 2.07. The highest BCUT2D eigenvalue weighted by molar-refractivity contribution is 5.91. The Morgan fingerprint density at radius 3 is 2.90 bits per heavy atom. The number of aryl methyl sites for hydroxylation is 1. The van der Waals surface area contributed by atoms with Crippen molar-refractivity contribution in [2.75, 3.05) is 13.1 Å². The predicted molar refractivity (Wildman–Crippen MR) is 78.5 cm³/mol. The lowest BCUT2D eigenvalue weighted by Crippen LogP contribution is -2.31. The van der Waals surface area contributed by atoms with E-state index in [2.05, 4.69) is 15.3 Å². The number of hydrogen-bond donors (Lipinski definition) is 1. The Hall–Kier alpha value is -2.28. The number of aromatic nitrogens is 4. The molecule has 7 nitrogen and oxygen atoms in total. The van der Waals surface area contributed by atoms with Gasteiger partial charge in [-0.25, -0.2) is 0 Å². The molecule has 0 aliphatic heterocycles. The van der Waals surface area contributed by atoms with E-state index in [0.29, 0.717) is 31.9 Å². The molecule has 0 aliphatic rings. The second kappa shape index (κ2) is 6.94. The molecule has 112 valence electrons. The minimum Gasteiger partial charge on any atom is -0.332 e. The first-order valence-electron chi connectivity index (χ1n) is 6.96. The van der Waals surface area contributed by atoms with Gasteiger partial charge in [0, 0.05) is 18.8 Å². The molecule has 0 aromatic carbocycles. The molecule has 2 aromatic rings. The fourth-order valence-electron chi connectivity index (χ4n) is 2.01. The van der Waals surface area contributed by atoms with Gasteiger partial charge >= 0.3 is 0 Å². The molecule has 0 saturated carbocycles. The Morgan fingerprint density at radius 1 is 1.43 bits per heavy atom. The number of carbonyl (C=O) groups is 1. The molecule has 0 saturated heterocycles. The molecule has 1 amide bonds. The summed E-state index contributed by atoms with van der Waals surface area (Å²) in [5, 5.41) is 7.80. The standard InChI is InChI=1S/C14H20N6O/c1-3-19(9-12-6-4-5-11(2)16-12)14(21)13-10-20(8-7-15)18-17-13/h4-6,10H,3,7-9,15H2,1-2H3. The van der Waals surface area contributed by atoms with Crippen LogP contribution in [0.25, 0.3) is 0 Å². The molecule has 2 N–H and O–H groups in total. The van der Waals surface area contributed by atoms with Crippen molar-refractivity contribution in [1.29, 1.82) is 0 Å². The summed E-state index contributed by atoms with van der Waals surface area (Å²) in [7, 11) is 0. The van der Waals surface area contributed by atoms with Gasteiger partial charge in [0.05, 0.1) is 25.0 Å². The molecule has 0 atom stereocenters. The normalized spacial score (nSPS) is 10.6. The number of hydrogen-bond acceptors (Lipinski definition) is 5. The Morgan fingerprint density at radius 2 is 2.24 bits per heavy atom. The highest BCUT2D eigenvalue weighted by atomic mass is 16.2. The van der Waals surface area contributed by atoms with Gasteiger partial charge in [0.25, 0.3) is 5.91 Å². The maximum atomic E-state index is 12.4. The molecule has 2 rings (SSSR count). The second-order valence-electron chi connectivity index (χ2n) is 4.75. The number of nitrogens with two attached hydrogens (primary N) is 1. The summed E-state index contributed by atoms with van der Waals surface area (Å²) in [6.45, 7) is 5.91. The minimum atomic E-state index is -0.149. The van der Waals surface area contributed by atoms with Crippen molar-refractivity contribution in [1.82, 2.24) is 24.9 Å². The van der Waals surface area contributed by atoms with E-state index in [1.165, 1.54) is 0 Å². The first-order valence-corrected chi connectivity index (χ1v) is 6.96. The maximum absolute atomic E-state index is 12.4. The van der Waals surface area contributed by atoms with E-state index >= 15 is 0 Å². The molecule has 0 aliphatic carbocycles. The number of rotatable bonds is 6. The average Bonchev–Trinajstić information content (AvgIpc) is 2.93. The SMILES string of the molecule is CCN(Cc1cccc(C)n1)C(=O)c1cn(CCN)nn1. The van der Waals surface area contributed by atoms with Crippen LogP contribution in [-0.4, -0.2) is 43.9 Å². The summed E-state index contributed by atoms with van der Waals surface area (Å²) in [4.78, 5) is 18.5. The largest absolute Gasteiger partial charge is 0.332 e. The van der Waals surface area contributed by atoms with Crippen molar-refractivity contribution in [2.24, 2.45) is 5.73 Å². The van der Waals surface area contributed by atoms with E-state index in [1.807, 2.05) is 32.0 Å². The summed E-state index contributed by atoms with van der Waals surface area (Å²) >= 11 is 0. The van der Waals surface area contributed by atoms with Crippen molar-refractivity contribution in [3.05, 3.63) is 41.5 Å². The molecule has 0 fully saturated rings. The smallest absolute Gasteiger partial charge is 0.276 e. The molecular formula is C14H20N6O. The third-order valence-corrected chi connectivity index (χ3v) is 3.08. The molecule has 0 unspecified atom stereocenters. The van der Waals surface area contributed by atoms with Crippen molar-refractivity contribution < 1.29 is 4.79 Å². The van der Waals surface area contributed by atoms with Gasteiger partial charge in [-0.3, -0.25) is 14.5 Å². The molecule has 2 aromatic heterocycles. The molecular weight excluding hydrogens is 268 g/mol. The van der Waals surface area contributed by atoms with Crippen LogP contribution in [0.2, 0.25) is 0 Å². The summed E-state index contributed by atoms with van der Waals surface area (Å²) in [6.07, 6.45) is 1.63. The van der Waals surface area contributed by atoms with Gasteiger partial charge in [-0.1, -0.05) is 11.3 Å². The predicted octanol–water partition coefficient (Wildman–Crippen LogP) is 0.603. The van der Waals surface area contributed by atoms with E-state index in [0.717, 1.165) is 11.4 Å². The number of pyridine rings is 1. The van der Waals surface area contributed by atoms with Crippen LogP contribution in [0, 0.1) is 6.92 Å². The van der Waals surface area contributed by atoms with E-state index in [9.17, 15) is 4.79 Å². The third-order valence-electron chi connectivity index (χ3n) is 3.08. The molecule has 2 heterocycles. The quantitative estimate of drug-likeness (QED) is 0.840. The summed E-state index contributed by atoms with van der Waals surface area (Å²) in [5.74, 6) is -0.149. The fourth-order valence-corrected chi connectivity index (χ4v) is 2.01. The summed E-state index contributed by atoms with van der Waals surface area (Å²) in [6, 6.07) is 5.78. The van der Waals surface area contributed by atoms with E-state index < -0.39 is 0 Å². The number of amides is 1. The minimum absolute atomic E-state index is 0.149. The molecule has 7 heteroatoms. The van der Waals surface area contributed by atoms with Gasteiger partial charge in [0.15, 0.2) is 5.69 Å². The van der Waals surface area contributed by atoms with E-state index in [1.54, 1.807) is 15.8 Å². The van der Waals surface area contributed by atoms with Gasteiger partial charge in [-0.2, -0.15) is 0 Å². The zero-order chi connectivity index (χ0) is 15.2. The Kier molecular flexibility index (Phi) is 4.99. The van der Waals surface area contributed by atoms with Crippen molar-refractivity contribution in [3.8, 4) is 0 Å². The van der Waals surface area contributed by atoms with Crippen molar-refractivity contribution >= 4 is 5.91 Å². The summed E-state index contributed by atoms with van der Waals surface area (Å²) in [5.41, 5.74) is 7.58. The van der Waals surface area contributed by atoms with Crippen LogP contribution in [0.4, 0.5) is 0 Å². The van der Waals surface area contributed by atoms with Crippen LogP contribution in [0.1, 0.15) is 28.8 Å². The van der Waals surface area contributed by atoms with Crippen LogP contribution in [-0.2, 0) is 13.1 Å². The van der Waals surface area contributed by atoms with Crippen LogP contribution in [0.5, 0.6) is 0 Å². The maximum Gasteiger partial charge on any atom is 0.276 e. The lowest BCUT2D eigenvalue weighted by molar-refractivity contribution is 0.0744. The first-order chi connectivity index (χ1) is 10.1. The molecule has 0 spiro atoms. The highest BCUT2D eigenvalue weighted by Gasteiger charge is 2.18. The van der Waals surface area contributed by atoms with Crippen LogP contribution in [0.3, 0.4) is 0 Å². The Bertz CT molecular complexity index is 609. The molecule has 21 heavy (non-hydrogen) atoms. The topological polar surface area (TPSA) is 89.9 Å². The Labute approximate surface area is 123 Å². The average molecular weight is 288 g/mol. The molecule has 0 bridgehead atoms. The number of nitrogens with zero attached hydrogens (tertiary/aromatic N) is 5. The van der Waals surface area contributed by atoms with Gasteiger partial charge in [0.1, 0.15) is 0 Å². The van der Waals surface area contributed by atoms with Gasteiger partial charge in [-0.15, -0.1) is 5.10 Å². The zero-order valence-electron chi connectivity index (χ0n) is 12.4. The monoisotopic (exact) mass is 288 g/mol. The van der Waals surface area contributed by atoms with Crippen molar-refractivity contribution in [2.45, 2.75) is 26.9 Å². The lowest BCUT2D eigenvalue weighted by atomic mass is 10.3. The second-order valence-corrected chi connectivity index (χ2v) is 4.75. The van der Waals surface area contributed by atoms with Crippen LogP contribution in [0.15, 0.2) is 24.4 Å². The number of carbonyl (C=O) groups excluding carboxylic acids is 1. The fraction of sp³-hybridized carbons (Fsp3) is 0.429. The van der Waals surface area contributed by atoms with Crippen LogP contribution < -0.4 is 5.73 Å². The van der Waals surface area contributed by atoms with Crippen LogP contribution >= 0.6 is 0 Å². The van der Waals surface area contributed by atoms with Gasteiger partial charge in [0.2, 0.25) is 0 Å².